The summed E-state index contributed by atoms with van der Waals surface area (Å²) in [5.74, 6) is 0.271. The molecule has 3 nitrogen and oxygen atoms in total. The van der Waals surface area contributed by atoms with E-state index in [1.165, 1.54) is 12.1 Å². The van der Waals surface area contributed by atoms with E-state index in [2.05, 4.69) is 5.32 Å². The number of halogens is 1. The number of hydrogen-bond acceptors (Lipinski definition) is 2. The number of benzene rings is 1. The lowest BCUT2D eigenvalue weighted by atomic mass is 10.2. The third kappa shape index (κ3) is 2.72. The molecule has 0 bridgehead atoms. The van der Waals surface area contributed by atoms with E-state index in [0.29, 0.717) is 18.8 Å². The molecule has 1 atom stereocenters. The minimum absolute atomic E-state index is 0.0519. The van der Waals surface area contributed by atoms with Crippen LogP contribution in [0, 0.1) is 12.7 Å². The van der Waals surface area contributed by atoms with Gasteiger partial charge in [0.1, 0.15) is 18.2 Å². The predicted molar refractivity (Wildman–Crippen MR) is 57.8 cm³/mol. The quantitative estimate of drug-likeness (QED) is 0.848. The van der Waals surface area contributed by atoms with Crippen molar-refractivity contribution in [3.8, 4) is 5.75 Å². The Balaban J connectivity index is 1.91. The van der Waals surface area contributed by atoms with Crippen LogP contribution in [0.25, 0.3) is 0 Å². The van der Waals surface area contributed by atoms with Gasteiger partial charge in [-0.15, -0.1) is 0 Å². The summed E-state index contributed by atoms with van der Waals surface area (Å²) < 4.78 is 18.5. The molecular weight excluding hydrogens is 209 g/mol. The maximum Gasteiger partial charge on any atom is 0.220 e. The summed E-state index contributed by atoms with van der Waals surface area (Å²) in [6.45, 7) is 2.21. The third-order valence-corrected chi connectivity index (χ3v) is 2.55. The van der Waals surface area contributed by atoms with E-state index < -0.39 is 0 Å². The Kier molecular flexibility index (Phi) is 3.08. The Morgan fingerprint density at radius 3 is 2.94 bits per heavy atom. The van der Waals surface area contributed by atoms with Gasteiger partial charge in [-0.1, -0.05) is 0 Å². The van der Waals surface area contributed by atoms with E-state index in [-0.39, 0.29) is 17.8 Å². The maximum absolute atomic E-state index is 13.0. The molecular formula is C12H14FNO2. The molecule has 0 aliphatic carbocycles. The van der Waals surface area contributed by atoms with E-state index >= 15 is 0 Å². The highest BCUT2D eigenvalue weighted by Gasteiger charge is 2.21. The lowest BCUT2D eigenvalue weighted by Gasteiger charge is -2.12. The Hall–Kier alpha value is -1.58. The summed E-state index contributed by atoms with van der Waals surface area (Å²) >= 11 is 0. The minimum atomic E-state index is -0.301. The van der Waals surface area contributed by atoms with Gasteiger partial charge < -0.3 is 10.1 Å². The maximum atomic E-state index is 13.0. The van der Waals surface area contributed by atoms with Crippen molar-refractivity contribution in [3.05, 3.63) is 29.6 Å². The number of carbonyl (C=O) groups excluding carboxylic acids is 1. The first-order valence-corrected chi connectivity index (χ1v) is 5.33. The Labute approximate surface area is 93.6 Å². The van der Waals surface area contributed by atoms with Gasteiger partial charge in [0.25, 0.3) is 0 Å². The zero-order chi connectivity index (χ0) is 11.5. The van der Waals surface area contributed by atoms with Crippen LogP contribution in [0.5, 0.6) is 5.75 Å². The summed E-state index contributed by atoms with van der Waals surface area (Å²) in [4.78, 5) is 10.9. The molecule has 0 spiro atoms. The van der Waals surface area contributed by atoms with Crippen LogP contribution in [0.3, 0.4) is 0 Å². The van der Waals surface area contributed by atoms with Crippen molar-refractivity contribution in [3.63, 3.8) is 0 Å². The number of nitrogens with one attached hydrogen (secondary N) is 1. The van der Waals surface area contributed by atoms with Crippen LogP contribution in [-0.4, -0.2) is 18.6 Å². The lowest BCUT2D eigenvalue weighted by Crippen LogP contribution is -2.30. The van der Waals surface area contributed by atoms with Gasteiger partial charge in [0.2, 0.25) is 5.91 Å². The Morgan fingerprint density at radius 1 is 1.50 bits per heavy atom. The van der Waals surface area contributed by atoms with Crippen LogP contribution in [0.1, 0.15) is 18.4 Å². The van der Waals surface area contributed by atoms with E-state index in [0.717, 1.165) is 12.0 Å². The summed E-state index contributed by atoms with van der Waals surface area (Å²) in [6.07, 6.45) is 1.34. The normalized spacial score (nSPS) is 19.6. The molecule has 1 N–H and O–H groups in total. The fourth-order valence-electron chi connectivity index (χ4n) is 1.79. The monoisotopic (exact) mass is 223 g/mol. The summed E-state index contributed by atoms with van der Waals surface area (Å²) in [5, 5.41) is 2.80. The minimum Gasteiger partial charge on any atom is -0.491 e. The van der Waals surface area contributed by atoms with Gasteiger partial charge in [0.05, 0.1) is 6.04 Å². The predicted octanol–water partition coefficient (Wildman–Crippen LogP) is 1.79. The fourth-order valence-corrected chi connectivity index (χ4v) is 1.79. The average Bonchev–Trinajstić information content (AvgIpc) is 2.60. The highest BCUT2D eigenvalue weighted by atomic mass is 19.1. The molecule has 1 fully saturated rings. The molecule has 1 saturated heterocycles. The van der Waals surface area contributed by atoms with Gasteiger partial charge >= 0.3 is 0 Å². The molecule has 0 aromatic heterocycles. The molecule has 1 heterocycles. The molecule has 1 aliphatic heterocycles. The molecule has 0 saturated carbocycles. The van der Waals surface area contributed by atoms with Gasteiger partial charge in [-0.25, -0.2) is 4.39 Å². The SMILES string of the molecule is Cc1cc(F)cc(OCC2CCC(=O)N2)c1. The van der Waals surface area contributed by atoms with E-state index in [1.54, 1.807) is 6.07 Å². The van der Waals surface area contributed by atoms with Crippen LogP contribution in [0.4, 0.5) is 4.39 Å². The Morgan fingerprint density at radius 2 is 2.31 bits per heavy atom. The summed E-state index contributed by atoms with van der Waals surface area (Å²) in [7, 11) is 0. The van der Waals surface area contributed by atoms with Crippen LogP contribution in [0.15, 0.2) is 18.2 Å². The smallest absolute Gasteiger partial charge is 0.220 e. The van der Waals surface area contributed by atoms with Crippen molar-refractivity contribution in [1.82, 2.24) is 5.32 Å². The molecule has 1 aromatic carbocycles. The van der Waals surface area contributed by atoms with Crippen molar-refractivity contribution in [1.29, 1.82) is 0 Å². The Bertz CT molecular complexity index is 386. The molecule has 0 radical (unpaired) electrons. The molecule has 1 aliphatic rings. The molecule has 4 heteroatoms. The van der Waals surface area contributed by atoms with Crippen molar-refractivity contribution in [2.24, 2.45) is 0 Å². The van der Waals surface area contributed by atoms with Crippen molar-refractivity contribution in [2.45, 2.75) is 25.8 Å². The number of aryl methyl sites for hydroxylation is 1. The highest BCUT2D eigenvalue weighted by molar-refractivity contribution is 5.78. The second kappa shape index (κ2) is 4.51. The molecule has 1 aromatic rings. The second-order valence-electron chi connectivity index (χ2n) is 4.08. The van der Waals surface area contributed by atoms with Gasteiger partial charge in [0.15, 0.2) is 0 Å². The van der Waals surface area contributed by atoms with Crippen LogP contribution in [-0.2, 0) is 4.79 Å². The number of hydrogen-bond donors (Lipinski definition) is 1. The van der Waals surface area contributed by atoms with E-state index in [9.17, 15) is 9.18 Å². The largest absolute Gasteiger partial charge is 0.491 e. The standard InChI is InChI=1S/C12H14FNO2/c1-8-4-9(13)6-11(5-8)16-7-10-2-3-12(15)14-10/h4-6,10H,2-3,7H2,1H3,(H,14,15). The van der Waals surface area contributed by atoms with Crippen LogP contribution >= 0.6 is 0 Å². The van der Waals surface area contributed by atoms with Crippen molar-refractivity contribution >= 4 is 5.91 Å². The second-order valence-corrected chi connectivity index (χ2v) is 4.08. The summed E-state index contributed by atoms with van der Waals surface area (Å²) in [6, 6.07) is 4.63. The molecule has 16 heavy (non-hydrogen) atoms. The molecule has 1 amide bonds. The number of rotatable bonds is 3. The third-order valence-electron chi connectivity index (χ3n) is 2.55. The van der Waals surface area contributed by atoms with Gasteiger partial charge in [-0.05, 0) is 31.0 Å². The van der Waals surface area contributed by atoms with Gasteiger partial charge in [0, 0.05) is 12.5 Å². The average molecular weight is 223 g/mol. The van der Waals surface area contributed by atoms with Crippen molar-refractivity contribution < 1.29 is 13.9 Å². The summed E-state index contributed by atoms with van der Waals surface area (Å²) in [5.41, 5.74) is 0.824. The topological polar surface area (TPSA) is 38.3 Å². The van der Waals surface area contributed by atoms with Gasteiger partial charge in [-0.3, -0.25) is 4.79 Å². The number of amides is 1. The van der Waals surface area contributed by atoms with Crippen LogP contribution in [0.2, 0.25) is 0 Å². The first-order chi connectivity index (χ1) is 7.63. The first-order valence-electron chi connectivity index (χ1n) is 5.33. The van der Waals surface area contributed by atoms with E-state index in [1.807, 2.05) is 6.92 Å². The zero-order valence-electron chi connectivity index (χ0n) is 9.13. The molecule has 1 unspecified atom stereocenters. The highest BCUT2D eigenvalue weighted by Crippen LogP contribution is 2.17. The van der Waals surface area contributed by atoms with Crippen LogP contribution < -0.4 is 10.1 Å². The van der Waals surface area contributed by atoms with Crippen molar-refractivity contribution in [2.75, 3.05) is 6.61 Å². The molecule has 2 rings (SSSR count). The van der Waals surface area contributed by atoms with Gasteiger partial charge in [-0.2, -0.15) is 0 Å². The first kappa shape index (κ1) is 10.9. The molecule has 86 valence electrons. The van der Waals surface area contributed by atoms with E-state index in [4.69, 9.17) is 4.74 Å². The zero-order valence-corrected chi connectivity index (χ0v) is 9.13. The fraction of sp³-hybridized carbons (Fsp3) is 0.417. The number of ether oxygens (including phenoxy) is 1. The number of carbonyl (C=O) groups is 1. The lowest BCUT2D eigenvalue weighted by molar-refractivity contribution is -0.119.